The predicted octanol–water partition coefficient (Wildman–Crippen LogP) is 4.04. The Kier molecular flexibility index (Phi) is 4.63. The molecule has 1 aromatic carbocycles. The minimum atomic E-state index is 0.316. The number of fused-ring (bicyclic) bond motifs is 1. The molecule has 25 heavy (non-hydrogen) atoms. The lowest BCUT2D eigenvalue weighted by Gasteiger charge is -2.59. The highest BCUT2D eigenvalue weighted by Gasteiger charge is 2.53. The van der Waals surface area contributed by atoms with E-state index < -0.39 is 0 Å². The summed E-state index contributed by atoms with van der Waals surface area (Å²) in [5.41, 5.74) is 4.59. The van der Waals surface area contributed by atoms with Gasteiger partial charge in [0.15, 0.2) is 0 Å². The SMILES string of the molecule is COC/C(C)=C\CN1CC[C@]23CCCC[C@H]2[C@H]1Cc1ccc(O)cc13. The van der Waals surface area contributed by atoms with E-state index in [4.69, 9.17) is 4.74 Å². The average molecular weight is 341 g/mol. The van der Waals surface area contributed by atoms with E-state index in [0.717, 1.165) is 25.5 Å². The molecule has 2 aliphatic carbocycles. The molecular formula is C22H31NO2. The van der Waals surface area contributed by atoms with Gasteiger partial charge in [-0.05, 0) is 68.3 Å². The molecule has 2 fully saturated rings. The van der Waals surface area contributed by atoms with Crippen molar-refractivity contribution < 1.29 is 9.84 Å². The van der Waals surface area contributed by atoms with Crippen LogP contribution < -0.4 is 0 Å². The fraction of sp³-hybridized carbons (Fsp3) is 0.636. The van der Waals surface area contributed by atoms with Crippen LogP contribution in [0, 0.1) is 5.92 Å². The lowest BCUT2D eigenvalue weighted by Crippen LogP contribution is -2.60. The first-order chi connectivity index (χ1) is 12.1. The summed E-state index contributed by atoms with van der Waals surface area (Å²) < 4.78 is 5.26. The number of nitrogens with zero attached hydrogens (tertiary/aromatic N) is 1. The maximum Gasteiger partial charge on any atom is 0.115 e. The first-order valence-corrected chi connectivity index (χ1v) is 9.85. The monoisotopic (exact) mass is 341 g/mol. The van der Waals surface area contributed by atoms with Crippen molar-refractivity contribution in [1.29, 1.82) is 0 Å². The second-order valence-corrected chi connectivity index (χ2v) is 8.35. The van der Waals surface area contributed by atoms with Gasteiger partial charge in [0.1, 0.15) is 5.75 Å². The van der Waals surface area contributed by atoms with Gasteiger partial charge in [-0.1, -0.05) is 30.6 Å². The van der Waals surface area contributed by atoms with Gasteiger partial charge in [-0.15, -0.1) is 0 Å². The van der Waals surface area contributed by atoms with Crippen molar-refractivity contribution in [3.63, 3.8) is 0 Å². The number of ether oxygens (including phenoxy) is 1. The maximum atomic E-state index is 10.1. The molecule has 1 saturated heterocycles. The van der Waals surface area contributed by atoms with Crippen molar-refractivity contribution in [2.45, 2.75) is 56.9 Å². The normalized spacial score (nSPS) is 32.2. The Labute approximate surface area is 151 Å². The molecule has 3 nitrogen and oxygen atoms in total. The number of hydrogen-bond donors (Lipinski definition) is 1. The van der Waals surface area contributed by atoms with Gasteiger partial charge in [-0.3, -0.25) is 4.90 Å². The lowest BCUT2D eigenvalue weighted by molar-refractivity contribution is -0.00535. The van der Waals surface area contributed by atoms with Crippen LogP contribution in [-0.2, 0) is 16.6 Å². The Bertz CT molecular complexity index is 668. The first-order valence-electron chi connectivity index (χ1n) is 9.85. The number of aromatic hydroxyl groups is 1. The van der Waals surface area contributed by atoms with E-state index in [-0.39, 0.29) is 0 Å². The molecule has 2 bridgehead atoms. The minimum Gasteiger partial charge on any atom is -0.508 e. The third kappa shape index (κ3) is 2.92. The van der Waals surface area contributed by atoms with Crippen LogP contribution >= 0.6 is 0 Å². The van der Waals surface area contributed by atoms with Crippen LogP contribution in [0.3, 0.4) is 0 Å². The number of methoxy groups -OCH3 is 1. The van der Waals surface area contributed by atoms with Crippen molar-refractivity contribution >= 4 is 0 Å². The van der Waals surface area contributed by atoms with Crippen LogP contribution in [0.2, 0.25) is 0 Å². The van der Waals surface area contributed by atoms with Crippen molar-refractivity contribution in [1.82, 2.24) is 4.90 Å². The highest BCUT2D eigenvalue weighted by molar-refractivity contribution is 5.45. The van der Waals surface area contributed by atoms with E-state index in [1.165, 1.54) is 55.3 Å². The molecule has 1 aromatic rings. The molecule has 1 N–H and O–H groups in total. The van der Waals surface area contributed by atoms with Gasteiger partial charge in [0, 0.05) is 25.1 Å². The summed E-state index contributed by atoms with van der Waals surface area (Å²) >= 11 is 0. The fourth-order valence-electron chi connectivity index (χ4n) is 5.86. The van der Waals surface area contributed by atoms with Gasteiger partial charge < -0.3 is 9.84 Å². The Morgan fingerprint density at radius 1 is 1.36 bits per heavy atom. The summed E-state index contributed by atoms with van der Waals surface area (Å²) in [6, 6.07) is 6.79. The summed E-state index contributed by atoms with van der Waals surface area (Å²) in [5.74, 6) is 1.19. The van der Waals surface area contributed by atoms with Crippen LogP contribution in [0.4, 0.5) is 0 Å². The zero-order valence-electron chi connectivity index (χ0n) is 15.6. The van der Waals surface area contributed by atoms with Crippen LogP contribution in [0.5, 0.6) is 5.75 Å². The summed E-state index contributed by atoms with van der Waals surface area (Å²) in [6.45, 7) is 5.11. The van der Waals surface area contributed by atoms with Crippen molar-refractivity contribution in [2.24, 2.45) is 5.92 Å². The van der Waals surface area contributed by atoms with E-state index >= 15 is 0 Å². The van der Waals surface area contributed by atoms with Crippen molar-refractivity contribution in [3.05, 3.63) is 41.0 Å². The van der Waals surface area contributed by atoms with Crippen LogP contribution in [-0.4, -0.2) is 42.9 Å². The van der Waals surface area contributed by atoms with Crippen molar-refractivity contribution in [2.75, 3.05) is 26.8 Å². The minimum absolute atomic E-state index is 0.316. The molecule has 3 atom stereocenters. The summed E-state index contributed by atoms with van der Waals surface area (Å²) in [5, 5.41) is 10.1. The Balaban J connectivity index is 1.66. The second kappa shape index (κ2) is 6.77. The summed E-state index contributed by atoms with van der Waals surface area (Å²) in [7, 11) is 1.77. The van der Waals surface area contributed by atoms with Crippen molar-refractivity contribution in [3.8, 4) is 5.75 Å². The van der Waals surface area contributed by atoms with Gasteiger partial charge >= 0.3 is 0 Å². The topological polar surface area (TPSA) is 32.7 Å². The molecule has 0 spiro atoms. The quantitative estimate of drug-likeness (QED) is 0.839. The number of rotatable bonds is 4. The standard InChI is InChI=1S/C22H31NO2/c1-16(15-25-2)8-11-23-12-10-22-9-4-3-5-19(22)21(23)13-17-6-7-18(24)14-20(17)22/h6-8,14,19,21,24H,3-5,9-13,15H2,1-2H3/b16-8-/t19-,21+,22+/m0/s1. The Morgan fingerprint density at radius 3 is 3.08 bits per heavy atom. The molecule has 0 aromatic heterocycles. The van der Waals surface area contributed by atoms with E-state index in [1.807, 2.05) is 6.07 Å². The number of hydrogen-bond acceptors (Lipinski definition) is 3. The maximum absolute atomic E-state index is 10.1. The molecule has 0 unspecified atom stereocenters. The largest absolute Gasteiger partial charge is 0.508 e. The molecular weight excluding hydrogens is 310 g/mol. The number of piperidine rings is 1. The molecule has 1 aliphatic heterocycles. The van der Waals surface area contributed by atoms with E-state index in [2.05, 4.69) is 30.0 Å². The lowest BCUT2D eigenvalue weighted by atomic mass is 9.52. The molecule has 3 aliphatic rings. The van der Waals surface area contributed by atoms with Gasteiger partial charge in [0.05, 0.1) is 6.61 Å². The predicted molar refractivity (Wildman–Crippen MR) is 101 cm³/mol. The summed E-state index contributed by atoms with van der Waals surface area (Å²) in [4.78, 5) is 2.71. The van der Waals surface area contributed by atoms with Gasteiger partial charge in [0.2, 0.25) is 0 Å². The van der Waals surface area contributed by atoms with Crippen LogP contribution in [0.15, 0.2) is 29.8 Å². The van der Waals surface area contributed by atoms with E-state index in [9.17, 15) is 5.11 Å². The Hall–Kier alpha value is -1.32. The third-order valence-electron chi connectivity index (χ3n) is 6.98. The second-order valence-electron chi connectivity index (χ2n) is 8.35. The molecule has 3 heteroatoms. The first kappa shape index (κ1) is 17.1. The summed E-state index contributed by atoms with van der Waals surface area (Å²) in [6.07, 6.45) is 10.1. The molecule has 4 rings (SSSR count). The highest BCUT2D eigenvalue weighted by Crippen LogP contribution is 2.56. The van der Waals surface area contributed by atoms with Gasteiger partial charge in [-0.2, -0.15) is 0 Å². The number of likely N-dealkylation sites (tertiary alicyclic amines) is 1. The fourth-order valence-corrected chi connectivity index (χ4v) is 5.86. The van der Waals surface area contributed by atoms with Gasteiger partial charge in [-0.25, -0.2) is 0 Å². The van der Waals surface area contributed by atoms with Crippen LogP contribution in [0.25, 0.3) is 0 Å². The smallest absolute Gasteiger partial charge is 0.115 e. The van der Waals surface area contributed by atoms with Crippen LogP contribution in [0.1, 0.15) is 50.2 Å². The zero-order chi connectivity index (χ0) is 17.4. The number of phenolic OH excluding ortho intramolecular Hbond substituents is 1. The molecule has 136 valence electrons. The molecule has 1 heterocycles. The molecule has 1 saturated carbocycles. The number of benzene rings is 1. The highest BCUT2D eigenvalue weighted by atomic mass is 16.5. The molecule has 0 amide bonds. The average Bonchev–Trinajstić information content (AvgIpc) is 2.62. The Morgan fingerprint density at radius 2 is 2.24 bits per heavy atom. The number of phenols is 1. The zero-order valence-corrected chi connectivity index (χ0v) is 15.6. The van der Waals surface area contributed by atoms with Gasteiger partial charge in [0.25, 0.3) is 0 Å². The van der Waals surface area contributed by atoms with E-state index in [1.54, 1.807) is 7.11 Å². The molecule has 0 radical (unpaired) electrons. The van der Waals surface area contributed by atoms with E-state index in [0.29, 0.717) is 17.2 Å². The third-order valence-corrected chi connectivity index (χ3v) is 6.98.